The zero-order valence-electron chi connectivity index (χ0n) is 16.2. The van der Waals surface area contributed by atoms with E-state index in [1.165, 1.54) is 0 Å². The minimum Gasteiger partial charge on any atom is -0.480 e. The SMILES string of the molecule is CN(C)c1ccc(C(c2ccc3cnccc3c2)N2CCCC2C(=O)O)cc1. The summed E-state index contributed by atoms with van der Waals surface area (Å²) in [6, 6.07) is 16.2. The fourth-order valence-electron chi connectivity index (χ4n) is 4.17. The van der Waals surface area contributed by atoms with E-state index in [-0.39, 0.29) is 6.04 Å². The lowest BCUT2D eigenvalue weighted by molar-refractivity contribution is -0.142. The number of carbonyl (C=O) groups is 1. The summed E-state index contributed by atoms with van der Waals surface area (Å²) in [5, 5.41) is 12.0. The Labute approximate surface area is 165 Å². The summed E-state index contributed by atoms with van der Waals surface area (Å²) < 4.78 is 0. The second kappa shape index (κ2) is 7.60. The number of carboxylic acid groups (broad SMARTS) is 1. The Morgan fingerprint density at radius 2 is 1.86 bits per heavy atom. The molecule has 0 spiro atoms. The van der Waals surface area contributed by atoms with Crippen molar-refractivity contribution in [2.24, 2.45) is 0 Å². The number of rotatable bonds is 5. The topological polar surface area (TPSA) is 56.7 Å². The summed E-state index contributed by atoms with van der Waals surface area (Å²) >= 11 is 0. The Morgan fingerprint density at radius 1 is 1.11 bits per heavy atom. The molecule has 28 heavy (non-hydrogen) atoms. The van der Waals surface area contributed by atoms with Crippen molar-refractivity contribution in [1.82, 2.24) is 9.88 Å². The van der Waals surface area contributed by atoms with E-state index in [2.05, 4.69) is 57.2 Å². The van der Waals surface area contributed by atoms with Gasteiger partial charge in [-0.05, 0) is 53.6 Å². The van der Waals surface area contributed by atoms with Gasteiger partial charge in [0.15, 0.2) is 0 Å². The van der Waals surface area contributed by atoms with E-state index in [9.17, 15) is 9.90 Å². The number of aromatic nitrogens is 1. The molecule has 2 unspecified atom stereocenters. The third-order valence-electron chi connectivity index (χ3n) is 5.62. The maximum Gasteiger partial charge on any atom is 0.320 e. The number of hydrogen-bond acceptors (Lipinski definition) is 4. The van der Waals surface area contributed by atoms with Crippen molar-refractivity contribution in [3.63, 3.8) is 0 Å². The largest absolute Gasteiger partial charge is 0.480 e. The lowest BCUT2D eigenvalue weighted by Gasteiger charge is -2.32. The third kappa shape index (κ3) is 3.45. The first-order valence-corrected chi connectivity index (χ1v) is 9.64. The molecule has 2 heterocycles. The van der Waals surface area contributed by atoms with Crippen molar-refractivity contribution >= 4 is 22.4 Å². The molecule has 1 aromatic heterocycles. The molecule has 2 atom stereocenters. The molecule has 0 amide bonds. The van der Waals surface area contributed by atoms with Crippen LogP contribution in [0.2, 0.25) is 0 Å². The van der Waals surface area contributed by atoms with Crippen LogP contribution in [-0.2, 0) is 4.79 Å². The minimum absolute atomic E-state index is 0.0858. The highest BCUT2D eigenvalue weighted by Gasteiger charge is 2.36. The average molecular weight is 375 g/mol. The summed E-state index contributed by atoms with van der Waals surface area (Å²) in [6.45, 7) is 0.783. The number of fused-ring (bicyclic) bond motifs is 1. The Hall–Kier alpha value is -2.92. The monoisotopic (exact) mass is 375 g/mol. The van der Waals surface area contributed by atoms with Gasteiger partial charge >= 0.3 is 5.97 Å². The summed E-state index contributed by atoms with van der Waals surface area (Å²) in [5.41, 5.74) is 3.36. The smallest absolute Gasteiger partial charge is 0.320 e. The maximum atomic E-state index is 11.9. The van der Waals surface area contributed by atoms with Crippen LogP contribution in [0.1, 0.15) is 30.0 Å². The van der Waals surface area contributed by atoms with Gasteiger partial charge in [-0.15, -0.1) is 0 Å². The van der Waals surface area contributed by atoms with Gasteiger partial charge in [0.05, 0.1) is 6.04 Å². The zero-order valence-corrected chi connectivity index (χ0v) is 16.2. The molecular formula is C23H25N3O2. The quantitative estimate of drug-likeness (QED) is 0.732. The van der Waals surface area contributed by atoms with Crippen molar-refractivity contribution < 1.29 is 9.90 Å². The first-order valence-electron chi connectivity index (χ1n) is 9.64. The van der Waals surface area contributed by atoms with Gasteiger partial charge in [-0.3, -0.25) is 14.7 Å². The number of benzene rings is 2. The van der Waals surface area contributed by atoms with Crippen LogP contribution in [-0.4, -0.2) is 47.6 Å². The lowest BCUT2D eigenvalue weighted by atomic mass is 9.94. The molecule has 144 valence electrons. The highest BCUT2D eigenvalue weighted by atomic mass is 16.4. The van der Waals surface area contributed by atoms with E-state index in [0.717, 1.165) is 40.6 Å². The molecule has 1 aliphatic heterocycles. The molecule has 0 saturated carbocycles. The number of anilines is 1. The summed E-state index contributed by atoms with van der Waals surface area (Å²) in [4.78, 5) is 20.3. The fourth-order valence-corrected chi connectivity index (χ4v) is 4.17. The Balaban J connectivity index is 1.81. The van der Waals surface area contributed by atoms with E-state index in [0.29, 0.717) is 6.42 Å². The molecule has 0 bridgehead atoms. The first kappa shape index (κ1) is 18.4. The second-order valence-corrected chi connectivity index (χ2v) is 7.60. The van der Waals surface area contributed by atoms with Gasteiger partial charge in [-0.25, -0.2) is 0 Å². The van der Waals surface area contributed by atoms with Gasteiger partial charge in [0.25, 0.3) is 0 Å². The van der Waals surface area contributed by atoms with Gasteiger partial charge in [-0.1, -0.05) is 24.3 Å². The molecule has 0 radical (unpaired) electrons. The standard InChI is InChI=1S/C23H25N3O2/c1-25(2)20-9-7-16(8-10-20)22(26-13-3-4-21(26)23(27)28)18-5-6-19-15-24-12-11-17(19)14-18/h5-12,14-15,21-22H,3-4,13H2,1-2H3,(H,27,28). The average Bonchev–Trinajstić information content (AvgIpc) is 3.18. The van der Waals surface area contributed by atoms with Crippen LogP contribution in [0.4, 0.5) is 5.69 Å². The van der Waals surface area contributed by atoms with Crippen LogP contribution in [0.25, 0.3) is 10.8 Å². The van der Waals surface area contributed by atoms with Crippen LogP contribution in [0.5, 0.6) is 0 Å². The molecule has 1 N–H and O–H groups in total. The number of hydrogen-bond donors (Lipinski definition) is 1. The molecule has 5 heteroatoms. The highest BCUT2D eigenvalue weighted by molar-refractivity contribution is 5.82. The number of pyridine rings is 1. The van der Waals surface area contributed by atoms with Crippen LogP contribution in [0, 0.1) is 0 Å². The Kier molecular flexibility index (Phi) is 5.01. The van der Waals surface area contributed by atoms with Crippen LogP contribution in [0.15, 0.2) is 60.9 Å². The molecular weight excluding hydrogens is 350 g/mol. The van der Waals surface area contributed by atoms with Crippen LogP contribution >= 0.6 is 0 Å². The Bertz CT molecular complexity index is 985. The molecule has 2 aromatic carbocycles. The predicted molar refractivity (Wildman–Crippen MR) is 112 cm³/mol. The summed E-state index contributed by atoms with van der Waals surface area (Å²) in [5.74, 6) is -0.739. The Morgan fingerprint density at radius 3 is 2.57 bits per heavy atom. The van der Waals surface area contributed by atoms with Gasteiger partial charge in [0.2, 0.25) is 0 Å². The molecule has 0 aliphatic carbocycles. The van der Waals surface area contributed by atoms with E-state index in [1.807, 2.05) is 26.4 Å². The van der Waals surface area contributed by atoms with Gasteiger partial charge < -0.3 is 10.0 Å². The van der Waals surface area contributed by atoms with Crippen molar-refractivity contribution in [2.45, 2.75) is 24.9 Å². The van der Waals surface area contributed by atoms with Crippen molar-refractivity contribution in [3.8, 4) is 0 Å². The second-order valence-electron chi connectivity index (χ2n) is 7.60. The van der Waals surface area contributed by atoms with Gasteiger partial charge in [0.1, 0.15) is 6.04 Å². The molecule has 1 aliphatic rings. The fraction of sp³-hybridized carbons (Fsp3) is 0.304. The van der Waals surface area contributed by atoms with Crippen molar-refractivity contribution in [1.29, 1.82) is 0 Å². The predicted octanol–water partition coefficient (Wildman–Crippen LogP) is 3.94. The number of aliphatic carboxylic acids is 1. The maximum absolute atomic E-state index is 11.9. The minimum atomic E-state index is -0.739. The van der Waals surface area contributed by atoms with Gasteiger partial charge in [0, 0.05) is 44.1 Å². The summed E-state index contributed by atoms with van der Waals surface area (Å²) in [7, 11) is 4.04. The molecule has 5 nitrogen and oxygen atoms in total. The van der Waals surface area contributed by atoms with E-state index >= 15 is 0 Å². The van der Waals surface area contributed by atoms with E-state index in [4.69, 9.17) is 0 Å². The normalized spacial score (nSPS) is 18.3. The number of nitrogens with zero attached hydrogens (tertiary/aromatic N) is 3. The van der Waals surface area contributed by atoms with Crippen LogP contribution in [0.3, 0.4) is 0 Å². The van der Waals surface area contributed by atoms with Crippen molar-refractivity contribution in [2.75, 3.05) is 25.5 Å². The van der Waals surface area contributed by atoms with Gasteiger partial charge in [-0.2, -0.15) is 0 Å². The summed E-state index contributed by atoms with van der Waals surface area (Å²) in [6.07, 6.45) is 5.25. The molecule has 3 aromatic rings. The molecule has 1 saturated heterocycles. The van der Waals surface area contributed by atoms with E-state index in [1.54, 1.807) is 6.20 Å². The van der Waals surface area contributed by atoms with E-state index < -0.39 is 12.0 Å². The highest BCUT2D eigenvalue weighted by Crippen LogP contribution is 2.36. The lowest BCUT2D eigenvalue weighted by Crippen LogP contribution is -2.39. The molecule has 4 rings (SSSR count). The zero-order chi connectivity index (χ0) is 19.7. The van der Waals surface area contributed by atoms with Crippen LogP contribution < -0.4 is 4.90 Å². The molecule has 1 fully saturated rings. The first-order chi connectivity index (χ1) is 13.5. The van der Waals surface area contributed by atoms with Crippen molar-refractivity contribution in [3.05, 3.63) is 72.1 Å². The number of likely N-dealkylation sites (tertiary alicyclic amines) is 1. The number of carboxylic acids is 1. The third-order valence-corrected chi connectivity index (χ3v) is 5.62.